The zero-order chi connectivity index (χ0) is 15.6. The third-order valence-electron chi connectivity index (χ3n) is 2.59. The van der Waals surface area contributed by atoms with E-state index < -0.39 is 17.7 Å². The van der Waals surface area contributed by atoms with Gasteiger partial charge in [0.1, 0.15) is 6.07 Å². The minimum absolute atomic E-state index is 0.227. The molecule has 1 aromatic rings. The van der Waals surface area contributed by atoms with Gasteiger partial charge in [0.15, 0.2) is 5.57 Å². The molecule has 1 aromatic carbocycles. The largest absolute Gasteiger partial charge is 0.419 e. The van der Waals surface area contributed by atoms with Gasteiger partial charge in [-0.1, -0.05) is 0 Å². The lowest BCUT2D eigenvalue weighted by atomic mass is 10.2. The van der Waals surface area contributed by atoms with Crippen LogP contribution in [-0.4, -0.2) is 17.7 Å². The molecule has 1 N–H and O–H groups in total. The van der Waals surface area contributed by atoms with Crippen molar-refractivity contribution >= 4 is 33.6 Å². The minimum atomic E-state index is -1.26. The second kappa shape index (κ2) is 5.58. The predicted octanol–water partition coefficient (Wildman–Crippen LogP) is 2.45. The molecule has 1 aliphatic heterocycles. The number of anilines is 1. The number of ether oxygens (including phenoxy) is 2. The highest BCUT2D eigenvalue weighted by Gasteiger charge is 2.38. The van der Waals surface area contributed by atoms with Crippen LogP contribution in [0.3, 0.4) is 0 Å². The molecule has 1 saturated heterocycles. The number of rotatable bonds is 2. The normalized spacial score (nSPS) is 16.6. The number of carbonyl (C=O) groups excluding carboxylic acids is 2. The summed E-state index contributed by atoms with van der Waals surface area (Å²) in [7, 11) is 0. The molecule has 1 aliphatic rings. The Morgan fingerprint density at radius 1 is 1.29 bits per heavy atom. The molecule has 0 radical (unpaired) electrons. The van der Waals surface area contributed by atoms with Gasteiger partial charge in [0, 0.05) is 30.2 Å². The zero-order valence-corrected chi connectivity index (χ0v) is 12.9. The lowest BCUT2D eigenvalue weighted by Gasteiger charge is -2.29. The van der Waals surface area contributed by atoms with Crippen molar-refractivity contribution in [2.24, 2.45) is 0 Å². The summed E-state index contributed by atoms with van der Waals surface area (Å²) < 4.78 is 10.5. The summed E-state index contributed by atoms with van der Waals surface area (Å²) in [6.07, 6.45) is 1.22. The van der Waals surface area contributed by atoms with Crippen LogP contribution in [0.15, 0.2) is 34.4 Å². The molecule has 0 unspecified atom stereocenters. The summed E-state index contributed by atoms with van der Waals surface area (Å²) >= 11 is 3.25. The van der Waals surface area contributed by atoms with E-state index in [9.17, 15) is 9.59 Å². The van der Waals surface area contributed by atoms with Crippen LogP contribution in [0.1, 0.15) is 19.4 Å². The predicted molar refractivity (Wildman–Crippen MR) is 76.8 cm³/mol. The van der Waals surface area contributed by atoms with Gasteiger partial charge < -0.3 is 14.8 Å². The van der Waals surface area contributed by atoms with Crippen LogP contribution in [-0.2, 0) is 19.1 Å². The van der Waals surface area contributed by atoms with E-state index in [-0.39, 0.29) is 5.57 Å². The van der Waals surface area contributed by atoms with E-state index >= 15 is 0 Å². The number of nitrogens with zero attached hydrogens (tertiary/aromatic N) is 1. The van der Waals surface area contributed by atoms with Crippen LogP contribution in [0.25, 0.3) is 0 Å². The molecule has 0 saturated carbocycles. The number of halogens is 1. The second-order valence-corrected chi connectivity index (χ2v) is 5.54. The highest BCUT2D eigenvalue weighted by atomic mass is 79.9. The third-order valence-corrected chi connectivity index (χ3v) is 3.25. The Morgan fingerprint density at radius 2 is 1.90 bits per heavy atom. The summed E-state index contributed by atoms with van der Waals surface area (Å²) in [6.45, 7) is 2.95. The number of cyclic esters (lactones) is 2. The van der Waals surface area contributed by atoms with Gasteiger partial charge in [0.05, 0.1) is 5.56 Å². The summed E-state index contributed by atoms with van der Waals surface area (Å²) in [5.74, 6) is -2.77. The van der Waals surface area contributed by atoms with Crippen LogP contribution in [0.4, 0.5) is 5.69 Å². The van der Waals surface area contributed by atoms with Crippen LogP contribution < -0.4 is 5.32 Å². The third kappa shape index (κ3) is 3.41. The molecule has 0 aliphatic carbocycles. The smallest absolute Gasteiger partial charge is 0.350 e. The first kappa shape index (κ1) is 15.1. The lowest BCUT2D eigenvalue weighted by Crippen LogP contribution is -2.42. The number of hydrogen-bond donors (Lipinski definition) is 1. The van der Waals surface area contributed by atoms with Crippen LogP contribution in [0.2, 0.25) is 0 Å². The summed E-state index contributed by atoms with van der Waals surface area (Å²) in [4.78, 5) is 23.5. The molecule has 6 nitrogen and oxygen atoms in total. The monoisotopic (exact) mass is 350 g/mol. The van der Waals surface area contributed by atoms with Gasteiger partial charge in [-0.2, -0.15) is 5.26 Å². The molecular formula is C14H11BrN2O4. The molecule has 0 bridgehead atoms. The van der Waals surface area contributed by atoms with Crippen molar-refractivity contribution in [1.29, 1.82) is 5.26 Å². The maximum Gasteiger partial charge on any atom is 0.350 e. The van der Waals surface area contributed by atoms with Crippen molar-refractivity contribution in [2.45, 2.75) is 19.6 Å². The van der Waals surface area contributed by atoms with Crippen molar-refractivity contribution in [1.82, 2.24) is 0 Å². The molecule has 21 heavy (non-hydrogen) atoms. The molecule has 108 valence electrons. The van der Waals surface area contributed by atoms with Crippen LogP contribution in [0.5, 0.6) is 0 Å². The lowest BCUT2D eigenvalue weighted by molar-refractivity contribution is -0.222. The average Bonchev–Trinajstić information content (AvgIpc) is 2.36. The quantitative estimate of drug-likeness (QED) is 0.500. The van der Waals surface area contributed by atoms with Crippen LogP contribution >= 0.6 is 15.9 Å². The Bertz CT molecular complexity index is 667. The van der Waals surface area contributed by atoms with Gasteiger partial charge in [-0.25, -0.2) is 9.59 Å². The Hall–Kier alpha value is -2.33. The van der Waals surface area contributed by atoms with E-state index in [1.165, 1.54) is 20.0 Å². The molecule has 0 aromatic heterocycles. The summed E-state index contributed by atoms with van der Waals surface area (Å²) in [5.41, 5.74) is 0.847. The molecule has 0 spiro atoms. The fourth-order valence-electron chi connectivity index (χ4n) is 1.63. The van der Waals surface area contributed by atoms with E-state index in [1.54, 1.807) is 18.2 Å². The fourth-order valence-corrected chi connectivity index (χ4v) is 2.10. The van der Waals surface area contributed by atoms with Gasteiger partial charge in [-0.05, 0) is 34.1 Å². The molecule has 2 rings (SSSR count). The topological polar surface area (TPSA) is 88.4 Å². The Morgan fingerprint density at radius 3 is 2.43 bits per heavy atom. The maximum atomic E-state index is 11.7. The number of hydrogen-bond acceptors (Lipinski definition) is 6. The maximum absolute atomic E-state index is 11.7. The van der Waals surface area contributed by atoms with Crippen molar-refractivity contribution in [3.05, 3.63) is 40.0 Å². The standard InChI is InChI=1S/C14H11BrN2O4/c1-14(2)20-12(18)10(13(19)21-14)7-17-9-4-3-8(6-16)11(15)5-9/h3-5,7,17H,1-2H3. The highest BCUT2D eigenvalue weighted by Crippen LogP contribution is 2.24. The van der Waals surface area contributed by atoms with E-state index in [4.69, 9.17) is 14.7 Å². The first-order valence-corrected chi connectivity index (χ1v) is 6.75. The van der Waals surface area contributed by atoms with E-state index in [0.717, 1.165) is 0 Å². The van der Waals surface area contributed by atoms with Crippen molar-refractivity contribution in [3.63, 3.8) is 0 Å². The summed E-state index contributed by atoms with van der Waals surface area (Å²) in [6, 6.07) is 6.91. The van der Waals surface area contributed by atoms with E-state index in [1.807, 2.05) is 6.07 Å². The SMILES string of the molecule is CC1(C)OC(=O)C(=CNc2ccc(C#N)c(Br)c2)C(=O)O1. The van der Waals surface area contributed by atoms with Crippen molar-refractivity contribution in [3.8, 4) is 6.07 Å². The van der Waals surface area contributed by atoms with Crippen LogP contribution in [0, 0.1) is 11.3 Å². The Labute approximate surface area is 129 Å². The van der Waals surface area contributed by atoms with Crippen molar-refractivity contribution < 1.29 is 19.1 Å². The van der Waals surface area contributed by atoms with E-state index in [0.29, 0.717) is 15.7 Å². The van der Waals surface area contributed by atoms with Gasteiger partial charge in [-0.15, -0.1) is 0 Å². The van der Waals surface area contributed by atoms with Gasteiger partial charge in [0.2, 0.25) is 0 Å². The second-order valence-electron chi connectivity index (χ2n) is 4.69. The molecule has 0 atom stereocenters. The summed E-state index contributed by atoms with van der Waals surface area (Å²) in [5, 5.41) is 11.6. The number of carbonyl (C=O) groups is 2. The Kier molecular flexibility index (Phi) is 4.00. The van der Waals surface area contributed by atoms with Gasteiger partial charge in [0.25, 0.3) is 5.79 Å². The highest BCUT2D eigenvalue weighted by molar-refractivity contribution is 9.10. The zero-order valence-electron chi connectivity index (χ0n) is 11.3. The molecule has 1 fully saturated rings. The fraction of sp³-hybridized carbons (Fsp3) is 0.214. The minimum Gasteiger partial charge on any atom is -0.419 e. The van der Waals surface area contributed by atoms with Gasteiger partial charge in [-0.3, -0.25) is 0 Å². The number of nitriles is 1. The number of benzene rings is 1. The van der Waals surface area contributed by atoms with Crippen molar-refractivity contribution in [2.75, 3.05) is 5.32 Å². The molecule has 1 heterocycles. The molecule has 0 amide bonds. The molecular weight excluding hydrogens is 340 g/mol. The molecule has 7 heteroatoms. The average molecular weight is 351 g/mol. The number of esters is 2. The first-order valence-electron chi connectivity index (χ1n) is 5.95. The first-order chi connectivity index (χ1) is 9.82. The van der Waals surface area contributed by atoms with Gasteiger partial charge >= 0.3 is 11.9 Å². The van der Waals surface area contributed by atoms with E-state index in [2.05, 4.69) is 21.2 Å². The number of nitrogens with one attached hydrogen (secondary N) is 1. The Balaban J connectivity index is 2.18.